The van der Waals surface area contributed by atoms with Crippen molar-refractivity contribution in [3.63, 3.8) is 0 Å². The monoisotopic (exact) mass is 316 g/mol. The zero-order valence-electron chi connectivity index (χ0n) is 13.6. The first kappa shape index (κ1) is 14.8. The molecule has 1 saturated heterocycles. The number of nitrogens with zero attached hydrogens (tertiary/aromatic N) is 4. The largest absolute Gasteiger partial charge is 0.341 e. The van der Waals surface area contributed by atoms with Crippen LogP contribution >= 0.6 is 0 Å². The first-order valence-electron chi connectivity index (χ1n) is 8.50. The maximum absolute atomic E-state index is 4.90. The maximum Gasteiger partial charge on any atom is 0.225 e. The Labute approximate surface area is 142 Å². The van der Waals surface area contributed by atoms with E-state index in [9.17, 15) is 0 Å². The molecule has 0 bridgehead atoms. The number of anilines is 1. The molecule has 3 heterocycles. The Hall–Kier alpha value is -2.75. The quantitative estimate of drug-likeness (QED) is 0.726. The van der Waals surface area contributed by atoms with E-state index in [0.717, 1.165) is 41.6 Å². The van der Waals surface area contributed by atoms with Gasteiger partial charge in [-0.1, -0.05) is 36.4 Å². The van der Waals surface area contributed by atoms with E-state index in [2.05, 4.69) is 27.0 Å². The molecule has 0 amide bonds. The third-order valence-electron chi connectivity index (χ3n) is 4.41. The van der Waals surface area contributed by atoms with Crippen molar-refractivity contribution >= 4 is 5.95 Å². The molecule has 0 saturated carbocycles. The zero-order chi connectivity index (χ0) is 16.2. The van der Waals surface area contributed by atoms with Crippen LogP contribution in [0.2, 0.25) is 0 Å². The second-order valence-corrected chi connectivity index (χ2v) is 6.06. The van der Waals surface area contributed by atoms with E-state index >= 15 is 0 Å². The average Bonchev–Trinajstić information content (AvgIpc) is 2.69. The molecule has 4 heteroatoms. The summed E-state index contributed by atoms with van der Waals surface area (Å²) in [5, 5.41) is 0. The van der Waals surface area contributed by atoms with Gasteiger partial charge in [0.25, 0.3) is 0 Å². The Morgan fingerprint density at radius 2 is 1.58 bits per heavy atom. The minimum absolute atomic E-state index is 0.815. The van der Waals surface area contributed by atoms with Gasteiger partial charge in [0.15, 0.2) is 0 Å². The van der Waals surface area contributed by atoms with Crippen LogP contribution in [0.5, 0.6) is 0 Å². The lowest BCUT2D eigenvalue weighted by Gasteiger charge is -2.27. The first-order valence-corrected chi connectivity index (χ1v) is 8.50. The van der Waals surface area contributed by atoms with Gasteiger partial charge in [-0.3, -0.25) is 4.98 Å². The highest BCUT2D eigenvalue weighted by Gasteiger charge is 2.17. The highest BCUT2D eigenvalue weighted by Crippen LogP contribution is 2.30. The number of hydrogen-bond acceptors (Lipinski definition) is 4. The molecule has 1 aliphatic heterocycles. The van der Waals surface area contributed by atoms with Gasteiger partial charge in [0.05, 0.1) is 5.69 Å². The lowest BCUT2D eigenvalue weighted by Crippen LogP contribution is -2.31. The van der Waals surface area contributed by atoms with Gasteiger partial charge in [0, 0.05) is 31.0 Å². The molecule has 3 aromatic rings. The SMILES string of the molecule is c1ccc(-c2cnc(N3CCCCC3)nc2-c2ccccn2)cc1. The van der Waals surface area contributed by atoms with E-state index in [4.69, 9.17) is 4.98 Å². The third-order valence-corrected chi connectivity index (χ3v) is 4.41. The molecule has 1 aromatic carbocycles. The van der Waals surface area contributed by atoms with Crippen LogP contribution in [-0.4, -0.2) is 28.0 Å². The second-order valence-electron chi connectivity index (χ2n) is 6.06. The van der Waals surface area contributed by atoms with Gasteiger partial charge in [-0.2, -0.15) is 0 Å². The van der Waals surface area contributed by atoms with Crippen LogP contribution in [0.15, 0.2) is 60.9 Å². The van der Waals surface area contributed by atoms with E-state index in [-0.39, 0.29) is 0 Å². The summed E-state index contributed by atoms with van der Waals surface area (Å²) in [5.41, 5.74) is 3.92. The average molecular weight is 316 g/mol. The van der Waals surface area contributed by atoms with Gasteiger partial charge in [0.2, 0.25) is 5.95 Å². The molecule has 1 fully saturated rings. The number of benzene rings is 1. The Bertz CT molecular complexity index is 796. The van der Waals surface area contributed by atoms with Crippen molar-refractivity contribution in [1.29, 1.82) is 0 Å². The first-order chi connectivity index (χ1) is 11.9. The van der Waals surface area contributed by atoms with Crippen LogP contribution in [0.1, 0.15) is 19.3 Å². The molecular weight excluding hydrogens is 296 g/mol. The van der Waals surface area contributed by atoms with Gasteiger partial charge < -0.3 is 4.90 Å². The van der Waals surface area contributed by atoms with Gasteiger partial charge >= 0.3 is 0 Å². The van der Waals surface area contributed by atoms with E-state index in [1.54, 1.807) is 0 Å². The van der Waals surface area contributed by atoms with Crippen LogP contribution in [0, 0.1) is 0 Å². The van der Waals surface area contributed by atoms with Crippen molar-refractivity contribution in [1.82, 2.24) is 15.0 Å². The molecule has 2 aromatic heterocycles. The highest BCUT2D eigenvalue weighted by molar-refractivity contribution is 5.79. The molecule has 120 valence electrons. The van der Waals surface area contributed by atoms with Crippen molar-refractivity contribution in [2.45, 2.75) is 19.3 Å². The fraction of sp³-hybridized carbons (Fsp3) is 0.250. The molecule has 4 nitrogen and oxygen atoms in total. The Balaban J connectivity index is 1.82. The molecule has 4 rings (SSSR count). The summed E-state index contributed by atoms with van der Waals surface area (Å²) >= 11 is 0. The van der Waals surface area contributed by atoms with Crippen molar-refractivity contribution in [2.24, 2.45) is 0 Å². The third kappa shape index (κ3) is 3.00. The molecule has 0 aliphatic carbocycles. The molecule has 24 heavy (non-hydrogen) atoms. The summed E-state index contributed by atoms with van der Waals surface area (Å²) in [6.45, 7) is 2.07. The maximum atomic E-state index is 4.90. The fourth-order valence-corrected chi connectivity index (χ4v) is 3.15. The number of piperidine rings is 1. The van der Waals surface area contributed by atoms with E-state index < -0.39 is 0 Å². The van der Waals surface area contributed by atoms with Gasteiger partial charge in [-0.25, -0.2) is 9.97 Å². The van der Waals surface area contributed by atoms with Crippen LogP contribution < -0.4 is 4.90 Å². The van der Waals surface area contributed by atoms with Crippen LogP contribution in [0.25, 0.3) is 22.5 Å². The minimum atomic E-state index is 0.815. The van der Waals surface area contributed by atoms with Crippen molar-refractivity contribution in [3.8, 4) is 22.5 Å². The molecule has 0 radical (unpaired) electrons. The highest BCUT2D eigenvalue weighted by atomic mass is 15.2. The summed E-state index contributed by atoms with van der Waals surface area (Å²) in [6.07, 6.45) is 7.47. The number of rotatable bonds is 3. The smallest absolute Gasteiger partial charge is 0.225 e. The summed E-state index contributed by atoms with van der Waals surface area (Å²) < 4.78 is 0. The van der Waals surface area contributed by atoms with Gasteiger partial charge in [-0.05, 0) is 37.0 Å². The Kier molecular flexibility index (Phi) is 4.19. The van der Waals surface area contributed by atoms with Crippen LogP contribution in [0.4, 0.5) is 5.95 Å². The normalized spacial score (nSPS) is 14.6. The van der Waals surface area contributed by atoms with Crippen LogP contribution in [0.3, 0.4) is 0 Å². The summed E-state index contributed by atoms with van der Waals surface area (Å²) in [7, 11) is 0. The van der Waals surface area contributed by atoms with Crippen LogP contribution in [-0.2, 0) is 0 Å². The molecule has 0 spiro atoms. The van der Waals surface area contributed by atoms with Gasteiger partial charge in [0.1, 0.15) is 5.69 Å². The van der Waals surface area contributed by atoms with Crippen molar-refractivity contribution < 1.29 is 0 Å². The predicted octanol–water partition coefficient (Wildman–Crippen LogP) is 4.20. The fourth-order valence-electron chi connectivity index (χ4n) is 3.15. The number of pyridine rings is 1. The van der Waals surface area contributed by atoms with E-state index in [1.807, 2.05) is 48.8 Å². The minimum Gasteiger partial charge on any atom is -0.341 e. The Morgan fingerprint density at radius 3 is 2.33 bits per heavy atom. The van der Waals surface area contributed by atoms with E-state index in [0.29, 0.717) is 0 Å². The number of hydrogen-bond donors (Lipinski definition) is 0. The molecular formula is C20H20N4. The Morgan fingerprint density at radius 1 is 0.792 bits per heavy atom. The van der Waals surface area contributed by atoms with Gasteiger partial charge in [-0.15, -0.1) is 0 Å². The summed E-state index contributed by atoms with van der Waals surface area (Å²) in [5.74, 6) is 0.815. The summed E-state index contributed by atoms with van der Waals surface area (Å²) in [6, 6.07) is 16.2. The molecule has 0 atom stereocenters. The number of aromatic nitrogens is 3. The zero-order valence-corrected chi connectivity index (χ0v) is 13.6. The topological polar surface area (TPSA) is 41.9 Å². The summed E-state index contributed by atoms with van der Waals surface area (Å²) in [4.78, 5) is 16.3. The van der Waals surface area contributed by atoms with Crippen molar-refractivity contribution in [3.05, 3.63) is 60.9 Å². The molecule has 0 unspecified atom stereocenters. The molecule has 1 aliphatic rings. The molecule has 0 N–H and O–H groups in total. The standard InChI is InChI=1S/C20H20N4/c1-3-9-16(10-4-1)17-15-22-20(24-13-7-2-8-14-24)23-19(17)18-11-5-6-12-21-18/h1,3-6,9-12,15H,2,7-8,13-14H2. The lowest BCUT2D eigenvalue weighted by molar-refractivity contribution is 0.568. The van der Waals surface area contributed by atoms with E-state index in [1.165, 1.54) is 19.3 Å². The predicted molar refractivity (Wildman–Crippen MR) is 96.8 cm³/mol. The second kappa shape index (κ2) is 6.79. The van der Waals surface area contributed by atoms with Crippen molar-refractivity contribution in [2.75, 3.05) is 18.0 Å². The lowest BCUT2D eigenvalue weighted by atomic mass is 10.0.